The van der Waals surface area contributed by atoms with Gasteiger partial charge in [-0.3, -0.25) is 20.0 Å². The number of nitrogens with zero attached hydrogens (tertiary/aromatic N) is 1. The third kappa shape index (κ3) is 2.62. The van der Waals surface area contributed by atoms with Gasteiger partial charge < -0.3 is 4.74 Å². The van der Waals surface area contributed by atoms with Crippen molar-refractivity contribution < 1.29 is 4.74 Å². The van der Waals surface area contributed by atoms with Crippen LogP contribution in [0.1, 0.15) is 18.6 Å². The average Bonchev–Trinajstić information content (AvgIpc) is 2.80. The van der Waals surface area contributed by atoms with E-state index in [9.17, 15) is 4.79 Å². The lowest BCUT2D eigenvalue weighted by atomic mass is 10.1. The molecule has 3 rings (SSSR count). The SMILES string of the molecule is CC(Oc1ccc2[nH][nH]c(=O)c2c1)c1c(Cl)cncc1Cl. The number of nitrogens with one attached hydrogen (secondary N) is 2. The second-order valence-electron chi connectivity index (χ2n) is 4.56. The lowest BCUT2D eigenvalue weighted by Gasteiger charge is -2.17. The molecule has 1 unspecified atom stereocenters. The molecular weight excluding hydrogens is 313 g/mol. The molecule has 0 spiro atoms. The maximum atomic E-state index is 11.6. The number of hydrogen-bond acceptors (Lipinski definition) is 3. The van der Waals surface area contributed by atoms with E-state index < -0.39 is 0 Å². The van der Waals surface area contributed by atoms with Crippen LogP contribution in [0.2, 0.25) is 10.0 Å². The molecule has 2 aromatic heterocycles. The predicted molar refractivity (Wildman–Crippen MR) is 82.2 cm³/mol. The molecule has 1 atom stereocenters. The van der Waals surface area contributed by atoms with Gasteiger partial charge in [-0.05, 0) is 25.1 Å². The zero-order valence-corrected chi connectivity index (χ0v) is 12.5. The van der Waals surface area contributed by atoms with Crippen molar-refractivity contribution in [2.45, 2.75) is 13.0 Å². The van der Waals surface area contributed by atoms with Gasteiger partial charge in [0.15, 0.2) is 0 Å². The maximum absolute atomic E-state index is 11.6. The van der Waals surface area contributed by atoms with E-state index in [0.717, 1.165) is 5.52 Å². The van der Waals surface area contributed by atoms with Crippen molar-refractivity contribution in [3.8, 4) is 5.75 Å². The number of pyridine rings is 1. The van der Waals surface area contributed by atoms with Crippen molar-refractivity contribution in [2.24, 2.45) is 0 Å². The smallest absolute Gasteiger partial charge is 0.271 e. The quantitative estimate of drug-likeness (QED) is 0.772. The number of benzene rings is 1. The Hall–Kier alpha value is -1.98. The summed E-state index contributed by atoms with van der Waals surface area (Å²) >= 11 is 12.2. The highest BCUT2D eigenvalue weighted by Crippen LogP contribution is 2.32. The first-order valence-electron chi connectivity index (χ1n) is 6.22. The van der Waals surface area contributed by atoms with Gasteiger partial charge in [-0.1, -0.05) is 23.2 Å². The standard InChI is InChI=1S/C14H11Cl2N3O2/c1-7(13-10(15)5-17-6-11(13)16)21-8-2-3-12-9(4-8)14(20)19-18-12/h2-7H,1H3,(H2,18,19,20). The van der Waals surface area contributed by atoms with Crippen LogP contribution < -0.4 is 10.3 Å². The van der Waals surface area contributed by atoms with Crippen LogP contribution in [0.3, 0.4) is 0 Å². The molecule has 0 aliphatic heterocycles. The molecule has 1 aromatic carbocycles. The van der Waals surface area contributed by atoms with Crippen LogP contribution in [0.5, 0.6) is 5.75 Å². The van der Waals surface area contributed by atoms with Crippen LogP contribution in [0.25, 0.3) is 10.9 Å². The number of aromatic amines is 2. The monoisotopic (exact) mass is 323 g/mol. The molecule has 0 amide bonds. The van der Waals surface area contributed by atoms with E-state index in [0.29, 0.717) is 26.7 Å². The molecule has 0 saturated carbocycles. The summed E-state index contributed by atoms with van der Waals surface area (Å²) in [5.41, 5.74) is 1.19. The zero-order valence-electron chi connectivity index (χ0n) is 11.0. The highest BCUT2D eigenvalue weighted by Gasteiger charge is 2.16. The molecule has 0 aliphatic carbocycles. The van der Waals surface area contributed by atoms with Crippen LogP contribution in [-0.4, -0.2) is 15.2 Å². The normalized spacial score (nSPS) is 12.5. The Balaban J connectivity index is 1.94. The van der Waals surface area contributed by atoms with Crippen LogP contribution in [-0.2, 0) is 0 Å². The fourth-order valence-corrected chi connectivity index (χ4v) is 2.83. The van der Waals surface area contributed by atoms with Gasteiger partial charge in [0.1, 0.15) is 11.9 Å². The van der Waals surface area contributed by atoms with E-state index >= 15 is 0 Å². The minimum atomic E-state index is -0.372. The first-order chi connectivity index (χ1) is 10.1. The minimum Gasteiger partial charge on any atom is -0.486 e. The molecule has 0 saturated heterocycles. The second kappa shape index (κ2) is 5.42. The molecule has 7 heteroatoms. The number of H-pyrrole nitrogens is 2. The number of aromatic nitrogens is 3. The highest BCUT2D eigenvalue weighted by atomic mass is 35.5. The summed E-state index contributed by atoms with van der Waals surface area (Å²) in [5, 5.41) is 6.71. The minimum absolute atomic E-state index is 0.192. The Kier molecular flexibility index (Phi) is 3.61. The Morgan fingerprint density at radius 1 is 1.19 bits per heavy atom. The fraction of sp³-hybridized carbons (Fsp3) is 0.143. The van der Waals surface area contributed by atoms with Crippen molar-refractivity contribution in [3.63, 3.8) is 0 Å². The van der Waals surface area contributed by atoms with Gasteiger partial charge in [-0.2, -0.15) is 0 Å². The van der Waals surface area contributed by atoms with Crippen molar-refractivity contribution in [3.05, 3.63) is 56.6 Å². The number of rotatable bonds is 3. The Bertz CT molecular complexity index is 837. The summed E-state index contributed by atoms with van der Waals surface area (Å²) < 4.78 is 5.83. The van der Waals surface area contributed by atoms with Gasteiger partial charge in [0.25, 0.3) is 5.56 Å². The van der Waals surface area contributed by atoms with E-state index in [1.807, 2.05) is 6.92 Å². The molecule has 0 fully saturated rings. The van der Waals surface area contributed by atoms with Crippen LogP contribution in [0.4, 0.5) is 0 Å². The Labute approximate surface area is 129 Å². The topological polar surface area (TPSA) is 70.8 Å². The summed E-state index contributed by atoms with van der Waals surface area (Å²) in [6.07, 6.45) is 2.66. The molecule has 3 aromatic rings. The highest BCUT2D eigenvalue weighted by molar-refractivity contribution is 6.35. The molecule has 0 bridgehead atoms. The molecule has 0 aliphatic rings. The lowest BCUT2D eigenvalue weighted by molar-refractivity contribution is 0.227. The van der Waals surface area contributed by atoms with E-state index in [1.54, 1.807) is 18.2 Å². The van der Waals surface area contributed by atoms with Crippen LogP contribution >= 0.6 is 23.2 Å². The lowest BCUT2D eigenvalue weighted by Crippen LogP contribution is -2.05. The Morgan fingerprint density at radius 2 is 1.90 bits per heavy atom. The molecule has 21 heavy (non-hydrogen) atoms. The second-order valence-corrected chi connectivity index (χ2v) is 5.38. The van der Waals surface area contributed by atoms with Gasteiger partial charge >= 0.3 is 0 Å². The number of halogens is 2. The van der Waals surface area contributed by atoms with Gasteiger partial charge in [0.05, 0.1) is 20.9 Å². The molecule has 108 valence electrons. The van der Waals surface area contributed by atoms with Crippen molar-refractivity contribution in [1.82, 2.24) is 15.2 Å². The summed E-state index contributed by atoms with van der Waals surface area (Å²) in [6, 6.07) is 5.21. The number of hydrogen-bond donors (Lipinski definition) is 2. The molecule has 0 radical (unpaired) electrons. The number of fused-ring (bicyclic) bond motifs is 1. The molecule has 2 N–H and O–H groups in total. The predicted octanol–water partition coefficient (Wildman–Crippen LogP) is 3.70. The van der Waals surface area contributed by atoms with Crippen LogP contribution in [0, 0.1) is 0 Å². The van der Waals surface area contributed by atoms with E-state index in [-0.39, 0.29) is 11.7 Å². The van der Waals surface area contributed by atoms with Crippen molar-refractivity contribution >= 4 is 34.1 Å². The van der Waals surface area contributed by atoms with Crippen molar-refractivity contribution in [2.75, 3.05) is 0 Å². The largest absolute Gasteiger partial charge is 0.486 e. The van der Waals surface area contributed by atoms with Gasteiger partial charge in [0, 0.05) is 18.0 Å². The van der Waals surface area contributed by atoms with Gasteiger partial charge in [-0.15, -0.1) is 0 Å². The molecular formula is C14H11Cl2N3O2. The van der Waals surface area contributed by atoms with Crippen molar-refractivity contribution in [1.29, 1.82) is 0 Å². The van der Waals surface area contributed by atoms with Crippen LogP contribution in [0.15, 0.2) is 35.4 Å². The first kappa shape index (κ1) is 14.0. The maximum Gasteiger partial charge on any atom is 0.271 e. The summed E-state index contributed by atoms with van der Waals surface area (Å²) in [4.78, 5) is 15.5. The molecule has 5 nitrogen and oxygen atoms in total. The van der Waals surface area contributed by atoms with E-state index in [2.05, 4.69) is 15.2 Å². The summed E-state index contributed by atoms with van der Waals surface area (Å²) in [7, 11) is 0. The summed E-state index contributed by atoms with van der Waals surface area (Å²) in [5.74, 6) is 0.559. The van der Waals surface area contributed by atoms with E-state index in [4.69, 9.17) is 27.9 Å². The zero-order chi connectivity index (χ0) is 15.0. The average molecular weight is 324 g/mol. The fourth-order valence-electron chi connectivity index (χ4n) is 2.16. The Morgan fingerprint density at radius 3 is 2.62 bits per heavy atom. The van der Waals surface area contributed by atoms with Gasteiger partial charge in [-0.25, -0.2) is 0 Å². The third-order valence-electron chi connectivity index (χ3n) is 3.16. The molecule has 2 heterocycles. The third-order valence-corrected chi connectivity index (χ3v) is 3.76. The first-order valence-corrected chi connectivity index (χ1v) is 6.98. The summed E-state index contributed by atoms with van der Waals surface area (Å²) in [6.45, 7) is 1.83. The van der Waals surface area contributed by atoms with Gasteiger partial charge in [0.2, 0.25) is 0 Å². The van der Waals surface area contributed by atoms with E-state index in [1.165, 1.54) is 12.4 Å². The number of ether oxygens (including phenoxy) is 1.